The Morgan fingerprint density at radius 2 is 1.06 bits per heavy atom. The topological polar surface area (TPSA) is 435 Å². The maximum Gasteiger partial charge on any atom is 0.248 e. The molecule has 7 aromatic carbocycles. The van der Waals surface area contributed by atoms with Crippen molar-refractivity contribution < 1.29 is 88.6 Å². The monoisotopic (exact) mass is 1470 g/mol. The molecule has 15 bridgehead atoms. The smallest absolute Gasteiger partial charge is 0.248 e. The van der Waals surface area contributed by atoms with Crippen molar-refractivity contribution in [1.82, 2.24) is 47.4 Å². The van der Waals surface area contributed by atoms with Gasteiger partial charge in [0, 0.05) is 30.3 Å². The Morgan fingerprint density at radius 1 is 0.500 bits per heavy atom. The minimum Gasteiger partial charge on any atom is -0.508 e. The van der Waals surface area contributed by atoms with Gasteiger partial charge in [-0.3, -0.25) is 33.6 Å². The lowest BCUT2D eigenvalue weighted by Gasteiger charge is -2.31. The van der Waals surface area contributed by atoms with E-state index in [0.29, 0.717) is 25.9 Å². The molecule has 0 radical (unpaired) electrons. The lowest BCUT2D eigenvalue weighted by molar-refractivity contribution is -0.137. The van der Waals surface area contributed by atoms with Gasteiger partial charge in [0.2, 0.25) is 47.1 Å². The average Bonchev–Trinajstić information content (AvgIpc) is 1.18. The Bertz CT molecular complexity index is 4490. The second kappa shape index (κ2) is 32.4. The van der Waals surface area contributed by atoms with Crippen LogP contribution < -0.4 is 62.5 Å². The minimum atomic E-state index is -2.27. The number of hydrogen-bond acceptors (Lipinski definition) is 21. The predicted molar refractivity (Wildman–Crippen MR) is 379 cm³/mol. The number of nitrogens with zero attached hydrogens (tertiary/aromatic N) is 1. The van der Waals surface area contributed by atoms with Crippen LogP contribution in [-0.2, 0) is 40.1 Å². The van der Waals surface area contributed by atoms with Gasteiger partial charge in [-0.05, 0) is 152 Å². The number of aliphatic hydroxyl groups excluding tert-OH is 2. The number of unbranched alkanes of at least 4 members (excludes halogenated alkanes) is 7. The molecule has 13 rings (SSSR count). The van der Waals surface area contributed by atoms with Crippen molar-refractivity contribution in [2.45, 2.75) is 126 Å². The van der Waals surface area contributed by atoms with Crippen LogP contribution in [0.2, 0.25) is 10.0 Å². The number of ether oxygens (including phenoxy) is 3. The summed E-state index contributed by atoms with van der Waals surface area (Å²) < 4.78 is 18.6. The number of amides is 7. The van der Waals surface area contributed by atoms with Crippen molar-refractivity contribution in [3.05, 3.63) is 164 Å². The Balaban J connectivity index is 1.12. The normalized spacial score (nSPS) is 21.0. The van der Waals surface area contributed by atoms with E-state index in [1.54, 1.807) is 0 Å². The molecule has 18 N–H and O–H groups in total. The molecule has 6 heterocycles. The standard InChI is InChI=1S/C74H80Cl2N10O18/c1-4-5-6-7-8-9-10-11-22-78-34-44-49(90)33-43-56(66(44)93)55-42(14-12-15-48(55)89)60-72(99)85-63(74(101)83-61(43)69(96)79-23-13-24-86(2)3)65(92)37-18-21-51(46(76)28-37)104-54-31-39-30-53(67(54)94)103-50-20-17-36(27-45(50)75)64(91)62-73(100)81-58(70(97)80-59(39)71(98)82-60)38-25-40(87)32-41(26-38)102-52-29-35(16-19-47(52)88)57(77)68(95)84-62/h12,14-21,25-33,57-65,78,87-94H,4-11,13,22-24,34,77H2,1-3H3,(H,79,96)(H,80,97)(H,81,100)(H,82,98)(H,83,101)(H,84,95)(H,85,99). The molecule has 7 amide bonds. The van der Waals surface area contributed by atoms with Crippen LogP contribution in [0, 0.1) is 0 Å². The van der Waals surface area contributed by atoms with E-state index in [-0.39, 0.29) is 90.6 Å². The first-order valence-corrected chi connectivity index (χ1v) is 34.7. The van der Waals surface area contributed by atoms with Gasteiger partial charge in [0.15, 0.2) is 23.0 Å². The fourth-order valence-corrected chi connectivity index (χ4v) is 13.4. The molecule has 9 unspecified atom stereocenters. The van der Waals surface area contributed by atoms with Crippen LogP contribution in [0.1, 0.15) is 152 Å². The fourth-order valence-electron chi connectivity index (χ4n) is 12.9. The summed E-state index contributed by atoms with van der Waals surface area (Å²) in [4.78, 5) is 110. The molecule has 9 atom stereocenters. The first kappa shape index (κ1) is 74.6. The summed E-state index contributed by atoms with van der Waals surface area (Å²) >= 11 is 13.9. The number of carbonyl (C=O) groups excluding carboxylic acids is 7. The zero-order chi connectivity index (χ0) is 74.4. The van der Waals surface area contributed by atoms with Gasteiger partial charge >= 0.3 is 0 Å². The molecule has 7 aromatic rings. The number of halogens is 2. The van der Waals surface area contributed by atoms with E-state index in [9.17, 15) is 45.6 Å². The number of phenolic OH excluding ortho intramolecular Hbond substituents is 6. The number of rotatable bonds is 16. The first-order chi connectivity index (χ1) is 49.8. The van der Waals surface area contributed by atoms with Gasteiger partial charge < -0.3 is 108 Å². The maximum atomic E-state index is 16.3. The summed E-state index contributed by atoms with van der Waals surface area (Å²) in [5.41, 5.74) is 3.75. The summed E-state index contributed by atoms with van der Waals surface area (Å²) in [5.74, 6) is -14.8. The van der Waals surface area contributed by atoms with E-state index in [1.807, 2.05) is 19.0 Å². The van der Waals surface area contributed by atoms with Gasteiger partial charge in [0.25, 0.3) is 0 Å². The number of aliphatic hydroxyl groups is 2. The first-order valence-electron chi connectivity index (χ1n) is 33.9. The van der Waals surface area contributed by atoms with Crippen LogP contribution in [-0.4, -0.2) is 133 Å². The van der Waals surface area contributed by atoms with Gasteiger partial charge in [-0.2, -0.15) is 0 Å². The maximum absolute atomic E-state index is 16.3. The van der Waals surface area contributed by atoms with Gasteiger partial charge in [-0.25, -0.2) is 0 Å². The van der Waals surface area contributed by atoms with Gasteiger partial charge in [-0.1, -0.05) is 105 Å². The SMILES string of the molecule is CCCCCCCCCCNCc1c(O)cc2c(c1O)-c1c(O)cccc1C1NC(=O)C3NC(=O)C4NC(=O)C(NC(=O)C(N)c5ccc(O)c(c5)Oc5cc(O)cc4c5)C(O)c4ccc(c(Cl)c4)Oc4cc3cc(c4O)Oc3ccc(cc3Cl)C(O)C(NC1=O)C(=O)NC2C(=O)NCCCN(C)C. The molecule has 548 valence electrons. The van der Waals surface area contributed by atoms with Crippen molar-refractivity contribution in [3.63, 3.8) is 0 Å². The number of benzene rings is 7. The van der Waals surface area contributed by atoms with Crippen molar-refractivity contribution in [2.24, 2.45) is 5.73 Å². The third-order valence-corrected chi connectivity index (χ3v) is 19.1. The third-order valence-electron chi connectivity index (χ3n) is 18.5. The molecule has 0 saturated carbocycles. The molecule has 6 aliphatic heterocycles. The number of fused-ring (bicyclic) bond motifs is 13. The number of aromatic hydroxyl groups is 6. The summed E-state index contributed by atoms with van der Waals surface area (Å²) in [5, 5.41) is 118. The molecule has 0 fully saturated rings. The zero-order valence-corrected chi connectivity index (χ0v) is 58.2. The largest absolute Gasteiger partial charge is 0.508 e. The summed E-state index contributed by atoms with van der Waals surface area (Å²) in [7, 11) is 3.64. The number of carbonyl (C=O) groups is 7. The Hall–Kier alpha value is -10.6. The van der Waals surface area contributed by atoms with E-state index in [1.165, 1.54) is 60.7 Å². The van der Waals surface area contributed by atoms with Crippen LogP contribution in [0.25, 0.3) is 11.1 Å². The van der Waals surface area contributed by atoms with E-state index in [0.717, 1.165) is 93.5 Å². The Kier molecular flexibility index (Phi) is 23.2. The second-order valence-corrected chi connectivity index (χ2v) is 27.0. The van der Waals surface area contributed by atoms with Crippen LogP contribution in [0.15, 0.2) is 109 Å². The molecular formula is C74H80Cl2N10O18. The highest BCUT2D eigenvalue weighted by molar-refractivity contribution is 6.32. The minimum absolute atomic E-state index is 0.0172. The van der Waals surface area contributed by atoms with Crippen molar-refractivity contribution in [3.8, 4) is 80.1 Å². The molecule has 0 aliphatic carbocycles. The Morgan fingerprint density at radius 3 is 1.68 bits per heavy atom. The third kappa shape index (κ3) is 16.4. The average molecular weight is 1470 g/mol. The van der Waals surface area contributed by atoms with Crippen molar-refractivity contribution >= 4 is 64.6 Å². The molecular weight excluding hydrogens is 1390 g/mol. The number of nitrogens with one attached hydrogen (secondary N) is 8. The second-order valence-electron chi connectivity index (χ2n) is 26.2. The van der Waals surface area contributed by atoms with Crippen LogP contribution in [0.5, 0.6) is 69.0 Å². The molecule has 28 nitrogen and oxygen atoms in total. The number of hydrogen-bond donors (Lipinski definition) is 17. The Labute approximate surface area is 606 Å². The molecule has 104 heavy (non-hydrogen) atoms. The quantitative estimate of drug-likeness (QED) is 0.0412. The van der Waals surface area contributed by atoms with Crippen LogP contribution in [0.4, 0.5) is 0 Å². The summed E-state index contributed by atoms with van der Waals surface area (Å²) in [6.45, 7) is 2.87. The zero-order valence-electron chi connectivity index (χ0n) is 56.7. The van der Waals surface area contributed by atoms with E-state index < -0.39 is 153 Å². The number of nitrogens with two attached hydrogens (primary N) is 1. The highest BCUT2D eigenvalue weighted by Crippen LogP contribution is 2.51. The van der Waals surface area contributed by atoms with Crippen molar-refractivity contribution in [2.75, 3.05) is 33.7 Å². The van der Waals surface area contributed by atoms with Crippen LogP contribution in [0.3, 0.4) is 0 Å². The molecule has 0 saturated heterocycles. The van der Waals surface area contributed by atoms with Gasteiger partial charge in [0.05, 0.1) is 15.6 Å². The van der Waals surface area contributed by atoms with E-state index in [4.69, 9.17) is 43.1 Å². The lowest BCUT2D eigenvalue weighted by atomic mass is 9.85. The molecule has 6 aliphatic rings. The predicted octanol–water partition coefficient (Wildman–Crippen LogP) is 7.69. The number of phenols is 6. The van der Waals surface area contributed by atoms with Gasteiger partial charge in [0.1, 0.15) is 94.7 Å². The van der Waals surface area contributed by atoms with E-state index in [2.05, 4.69) is 49.5 Å². The highest BCUT2D eigenvalue weighted by atomic mass is 35.5. The van der Waals surface area contributed by atoms with Crippen molar-refractivity contribution in [1.29, 1.82) is 0 Å². The molecule has 0 spiro atoms. The summed E-state index contributed by atoms with van der Waals surface area (Å²) in [6, 6.07) is 6.64. The molecule has 30 heteroatoms. The lowest BCUT2D eigenvalue weighted by Crippen LogP contribution is -2.56. The molecule has 0 aromatic heterocycles. The highest BCUT2D eigenvalue weighted by Gasteiger charge is 2.44. The fraction of sp³-hybridized carbons (Fsp3) is 0.338. The van der Waals surface area contributed by atoms with Crippen LogP contribution >= 0.6 is 23.2 Å². The van der Waals surface area contributed by atoms with E-state index >= 15 is 28.8 Å². The summed E-state index contributed by atoms with van der Waals surface area (Å²) in [6.07, 6.45) is 4.33. The van der Waals surface area contributed by atoms with Gasteiger partial charge in [-0.15, -0.1) is 0 Å².